The van der Waals surface area contributed by atoms with Crippen LogP contribution in [0.4, 0.5) is 0 Å². The largest absolute Gasteiger partial charge is 0.468 e. The van der Waals surface area contributed by atoms with Crippen molar-refractivity contribution in [1.82, 2.24) is 30.1 Å². The lowest BCUT2D eigenvalue weighted by Gasteiger charge is -2.31. The average molecular weight is 543 g/mol. The Balaban J connectivity index is 1.55. The zero-order valence-corrected chi connectivity index (χ0v) is 22.6. The van der Waals surface area contributed by atoms with Crippen molar-refractivity contribution in [2.45, 2.75) is 64.2 Å². The van der Waals surface area contributed by atoms with E-state index in [1.54, 1.807) is 6.26 Å². The predicted molar refractivity (Wildman–Crippen MR) is 151 cm³/mol. The number of furan rings is 1. The minimum atomic E-state index is -0.541. The van der Waals surface area contributed by atoms with Crippen LogP contribution >= 0.6 is 11.6 Å². The molecule has 39 heavy (non-hydrogen) atoms. The zero-order valence-electron chi connectivity index (χ0n) is 21.9. The molecule has 0 spiro atoms. The van der Waals surface area contributed by atoms with E-state index in [1.807, 2.05) is 53.2 Å². The summed E-state index contributed by atoms with van der Waals surface area (Å²) in [5.74, 6) is 1.43. The van der Waals surface area contributed by atoms with E-state index in [0.717, 1.165) is 54.3 Å². The Morgan fingerprint density at radius 1 is 1.10 bits per heavy atom. The first-order valence-corrected chi connectivity index (χ1v) is 13.9. The maximum atomic E-state index is 13.8. The number of aromatic amines is 1. The minimum Gasteiger partial charge on any atom is -0.468 e. The summed E-state index contributed by atoms with van der Waals surface area (Å²) >= 11 is 6.64. The number of rotatable bonds is 9. The quantitative estimate of drug-likeness (QED) is 0.237. The second kappa shape index (κ2) is 11.2. The molecule has 1 atom stereocenters. The number of pyridine rings is 1. The first-order chi connectivity index (χ1) is 19.1. The first kappa shape index (κ1) is 25.5. The molecule has 1 aliphatic carbocycles. The Morgan fingerprint density at radius 3 is 2.72 bits per heavy atom. The van der Waals surface area contributed by atoms with Crippen LogP contribution in [0.2, 0.25) is 5.02 Å². The molecule has 1 N–H and O–H groups in total. The van der Waals surface area contributed by atoms with Crippen molar-refractivity contribution in [2.75, 3.05) is 0 Å². The fourth-order valence-electron chi connectivity index (χ4n) is 5.67. The molecule has 200 valence electrons. The molecule has 3 aromatic heterocycles. The molecule has 1 saturated carbocycles. The summed E-state index contributed by atoms with van der Waals surface area (Å²) < 4.78 is 7.71. The zero-order chi connectivity index (χ0) is 26.8. The Morgan fingerprint density at radius 2 is 1.95 bits per heavy atom. The number of aryl methyl sites for hydroxylation is 1. The standard InChI is InChI=1S/C30H31ClN6O2/c1-2-20-13-14-27-22(16-20)17-25(30(38)32-27)28(29-33-34-35-37(29)23-9-4-5-10-23)36(19-24-11-7-15-39-24)18-21-8-3-6-12-26(21)31/h3,6-8,11-17,23,28H,2,4-5,9-10,18-19H2,1H3,(H,32,38)/t28-/m1/s1. The number of hydrogen-bond donors (Lipinski definition) is 1. The number of H-pyrrole nitrogens is 1. The van der Waals surface area contributed by atoms with Crippen LogP contribution in [0.15, 0.2) is 76.1 Å². The van der Waals surface area contributed by atoms with Crippen molar-refractivity contribution < 1.29 is 4.42 Å². The highest BCUT2D eigenvalue weighted by Gasteiger charge is 2.34. The number of nitrogens with one attached hydrogen (secondary N) is 1. The molecule has 9 heteroatoms. The summed E-state index contributed by atoms with van der Waals surface area (Å²) in [6.45, 7) is 3.03. The summed E-state index contributed by atoms with van der Waals surface area (Å²) in [4.78, 5) is 19.1. The monoisotopic (exact) mass is 542 g/mol. The second-order valence-electron chi connectivity index (χ2n) is 10.2. The van der Waals surface area contributed by atoms with Crippen LogP contribution in [-0.4, -0.2) is 30.1 Å². The third-order valence-corrected chi connectivity index (χ3v) is 8.08. The lowest BCUT2D eigenvalue weighted by Crippen LogP contribution is -2.35. The van der Waals surface area contributed by atoms with Gasteiger partial charge in [-0.2, -0.15) is 0 Å². The molecule has 8 nitrogen and oxygen atoms in total. The highest BCUT2D eigenvalue weighted by molar-refractivity contribution is 6.31. The minimum absolute atomic E-state index is 0.165. The van der Waals surface area contributed by atoms with Gasteiger partial charge in [-0.1, -0.05) is 55.6 Å². The second-order valence-corrected chi connectivity index (χ2v) is 10.6. The summed E-state index contributed by atoms with van der Waals surface area (Å²) in [7, 11) is 0. The van der Waals surface area contributed by atoms with Gasteiger partial charge in [0, 0.05) is 22.6 Å². The lowest BCUT2D eigenvalue weighted by molar-refractivity contribution is 0.176. The fourth-order valence-corrected chi connectivity index (χ4v) is 5.87. The van der Waals surface area contributed by atoms with Crippen molar-refractivity contribution in [3.63, 3.8) is 0 Å². The van der Waals surface area contributed by atoms with Gasteiger partial charge in [-0.25, -0.2) is 4.68 Å². The molecule has 0 radical (unpaired) electrons. The van der Waals surface area contributed by atoms with E-state index in [-0.39, 0.29) is 11.6 Å². The van der Waals surface area contributed by atoms with Crippen LogP contribution < -0.4 is 5.56 Å². The van der Waals surface area contributed by atoms with Gasteiger partial charge in [0.1, 0.15) is 11.8 Å². The van der Waals surface area contributed by atoms with E-state index in [2.05, 4.69) is 44.5 Å². The van der Waals surface area contributed by atoms with Crippen LogP contribution in [0.25, 0.3) is 10.9 Å². The third kappa shape index (κ3) is 5.27. The summed E-state index contributed by atoms with van der Waals surface area (Å²) in [5.41, 5.74) is 3.38. The van der Waals surface area contributed by atoms with Crippen molar-refractivity contribution in [2.24, 2.45) is 0 Å². The van der Waals surface area contributed by atoms with Crippen molar-refractivity contribution in [1.29, 1.82) is 0 Å². The Labute approximate surface area is 231 Å². The summed E-state index contributed by atoms with van der Waals surface area (Å²) in [6, 6.07) is 19.4. The molecule has 2 aromatic carbocycles. The van der Waals surface area contributed by atoms with Gasteiger partial charge >= 0.3 is 0 Å². The molecule has 0 saturated heterocycles. The maximum absolute atomic E-state index is 13.8. The average Bonchev–Trinajstić information content (AvgIpc) is 3.73. The number of halogens is 1. The fraction of sp³-hybridized carbons (Fsp3) is 0.333. The topological polar surface area (TPSA) is 92.8 Å². The van der Waals surface area contributed by atoms with Crippen LogP contribution in [0, 0.1) is 0 Å². The number of hydrogen-bond acceptors (Lipinski definition) is 6. The molecule has 0 bridgehead atoms. The molecule has 0 aliphatic heterocycles. The van der Waals surface area contributed by atoms with Gasteiger partial charge in [0.15, 0.2) is 5.82 Å². The van der Waals surface area contributed by atoms with E-state index in [0.29, 0.717) is 29.5 Å². The highest BCUT2D eigenvalue weighted by atomic mass is 35.5. The van der Waals surface area contributed by atoms with E-state index < -0.39 is 6.04 Å². The number of benzene rings is 2. The number of tetrazole rings is 1. The molecule has 6 rings (SSSR count). The smallest absolute Gasteiger partial charge is 0.253 e. The van der Waals surface area contributed by atoms with Gasteiger partial charge < -0.3 is 9.40 Å². The van der Waals surface area contributed by atoms with Crippen LogP contribution in [-0.2, 0) is 19.5 Å². The van der Waals surface area contributed by atoms with Crippen molar-refractivity contribution in [3.8, 4) is 0 Å². The molecular weight excluding hydrogens is 512 g/mol. The first-order valence-electron chi connectivity index (χ1n) is 13.5. The van der Waals surface area contributed by atoms with E-state index >= 15 is 0 Å². The molecule has 3 heterocycles. The van der Waals surface area contributed by atoms with E-state index in [4.69, 9.17) is 16.0 Å². The summed E-state index contributed by atoms with van der Waals surface area (Å²) in [6.07, 6.45) is 6.88. The number of nitrogens with zero attached hydrogens (tertiary/aromatic N) is 5. The van der Waals surface area contributed by atoms with Gasteiger partial charge in [-0.05, 0) is 82.6 Å². The Bertz CT molecular complexity index is 1620. The lowest BCUT2D eigenvalue weighted by atomic mass is 10.0. The van der Waals surface area contributed by atoms with Gasteiger partial charge in [0.25, 0.3) is 5.56 Å². The van der Waals surface area contributed by atoms with Gasteiger partial charge in [-0.15, -0.1) is 5.10 Å². The maximum Gasteiger partial charge on any atom is 0.253 e. The SMILES string of the molecule is CCc1ccc2[nH]c(=O)c([C@H](c3nnnn3C3CCCC3)N(Cc3ccco3)Cc3ccccc3Cl)cc2c1. The molecule has 1 aliphatic rings. The van der Waals surface area contributed by atoms with Gasteiger partial charge in [0.2, 0.25) is 0 Å². The van der Waals surface area contributed by atoms with Crippen molar-refractivity contribution >= 4 is 22.5 Å². The van der Waals surface area contributed by atoms with Gasteiger partial charge in [0.05, 0.1) is 18.8 Å². The number of aromatic nitrogens is 5. The normalized spacial score (nSPS) is 14.9. The predicted octanol–water partition coefficient (Wildman–Crippen LogP) is 6.23. The van der Waals surface area contributed by atoms with Crippen molar-refractivity contribution in [3.05, 3.63) is 111 Å². The molecule has 5 aromatic rings. The van der Waals surface area contributed by atoms with Crippen LogP contribution in [0.5, 0.6) is 0 Å². The molecule has 1 fully saturated rings. The number of fused-ring (bicyclic) bond motifs is 1. The van der Waals surface area contributed by atoms with E-state index in [1.165, 1.54) is 5.56 Å². The van der Waals surface area contributed by atoms with E-state index in [9.17, 15) is 4.79 Å². The Kier molecular flexibility index (Phi) is 7.30. The van der Waals surface area contributed by atoms with Crippen LogP contribution in [0.3, 0.4) is 0 Å². The summed E-state index contributed by atoms with van der Waals surface area (Å²) in [5, 5.41) is 14.7. The third-order valence-electron chi connectivity index (χ3n) is 7.71. The van der Waals surface area contributed by atoms with Gasteiger partial charge in [-0.3, -0.25) is 9.69 Å². The molecular formula is C30H31ClN6O2. The Hall–Kier alpha value is -3.75. The molecule has 0 amide bonds. The van der Waals surface area contributed by atoms with Crippen LogP contribution in [0.1, 0.15) is 73.0 Å². The highest BCUT2D eigenvalue weighted by Crippen LogP contribution is 2.35. The molecule has 0 unspecified atom stereocenters.